The zero-order valence-electron chi connectivity index (χ0n) is 15.7. The minimum absolute atomic E-state index is 1.30. The Morgan fingerprint density at radius 3 is 2.36 bits per heavy atom. The summed E-state index contributed by atoms with van der Waals surface area (Å²) in [4.78, 5) is 2.37. The molecule has 0 radical (unpaired) electrons. The lowest BCUT2D eigenvalue weighted by Crippen LogP contribution is -2.59. The fraction of sp³-hybridized carbons (Fsp3) is 0.227. The van der Waals surface area contributed by atoms with Gasteiger partial charge in [0.25, 0.3) is 0 Å². The highest BCUT2D eigenvalue weighted by molar-refractivity contribution is 7.03. The molecule has 0 bridgehead atoms. The number of fused-ring (bicyclic) bond motifs is 2. The average Bonchev–Trinajstić information content (AvgIpc) is 2.61. The van der Waals surface area contributed by atoms with Crippen molar-refractivity contribution in [3.05, 3.63) is 66.4 Å². The van der Waals surface area contributed by atoms with Crippen LogP contribution >= 0.6 is 0 Å². The molecule has 2 aromatic carbocycles. The van der Waals surface area contributed by atoms with Gasteiger partial charge in [0, 0.05) is 30.6 Å². The molecule has 0 atom stereocenters. The Labute approximate surface area is 151 Å². The molecule has 0 spiro atoms. The molecule has 1 aliphatic rings. The number of anilines is 2. The number of benzene rings is 2. The molecule has 0 unspecified atom stereocenters. The molecule has 1 aliphatic heterocycles. The summed E-state index contributed by atoms with van der Waals surface area (Å²) in [6.45, 7) is 7.22. The zero-order chi connectivity index (χ0) is 17.8. The Balaban J connectivity index is 2.10. The van der Waals surface area contributed by atoms with Gasteiger partial charge in [-0.3, -0.25) is 0 Å². The molecule has 2 heterocycles. The Hall–Kier alpha value is -2.39. The van der Waals surface area contributed by atoms with Crippen LogP contribution in [-0.4, -0.2) is 15.1 Å². The third-order valence-electron chi connectivity index (χ3n) is 5.63. The number of hydrogen-bond acceptors (Lipinski definition) is 1. The fourth-order valence-corrected chi connectivity index (χ4v) is 7.80. The molecule has 0 amide bonds. The van der Waals surface area contributed by atoms with Crippen LogP contribution in [0.15, 0.2) is 60.8 Å². The van der Waals surface area contributed by atoms with Crippen molar-refractivity contribution >= 4 is 29.8 Å². The van der Waals surface area contributed by atoms with Gasteiger partial charge < -0.3 is 4.90 Å². The Morgan fingerprint density at radius 2 is 1.60 bits per heavy atom. The van der Waals surface area contributed by atoms with Crippen molar-refractivity contribution in [2.75, 3.05) is 11.9 Å². The van der Waals surface area contributed by atoms with Crippen LogP contribution < -0.4 is 19.8 Å². The number of nitrogens with zero attached hydrogens (tertiary/aromatic N) is 2. The lowest BCUT2D eigenvalue weighted by Gasteiger charge is -2.40. The molecule has 0 fully saturated rings. The van der Waals surface area contributed by atoms with Crippen LogP contribution in [0.4, 0.5) is 11.4 Å². The molecule has 126 valence electrons. The molecule has 0 saturated heterocycles. The third-order valence-corrected chi connectivity index (χ3v) is 9.15. The molecule has 4 rings (SSSR count). The molecule has 1 aromatic heterocycles. The molecular weight excluding hydrogens is 320 g/mol. The summed E-state index contributed by atoms with van der Waals surface area (Å²) in [5.41, 5.74) is 6.79. The zero-order valence-corrected chi connectivity index (χ0v) is 16.7. The summed E-state index contributed by atoms with van der Waals surface area (Å²) in [6.07, 6.45) is 2.14. The van der Waals surface area contributed by atoms with Gasteiger partial charge in [-0.25, -0.2) is 4.57 Å². The number of hydrogen-bond donors (Lipinski definition) is 0. The number of aromatic nitrogens is 1. The first kappa shape index (κ1) is 16.1. The second-order valence-electron chi connectivity index (χ2n) is 7.55. The van der Waals surface area contributed by atoms with Crippen LogP contribution in [0.3, 0.4) is 0 Å². The first-order valence-electron chi connectivity index (χ1n) is 8.85. The molecule has 3 heteroatoms. The van der Waals surface area contributed by atoms with Gasteiger partial charge in [0.05, 0.1) is 5.56 Å². The summed E-state index contributed by atoms with van der Waals surface area (Å²) in [6, 6.07) is 20.0. The van der Waals surface area contributed by atoms with Crippen LogP contribution in [0.2, 0.25) is 13.1 Å². The lowest BCUT2D eigenvalue weighted by molar-refractivity contribution is -0.660. The second-order valence-corrected chi connectivity index (χ2v) is 11.8. The van der Waals surface area contributed by atoms with E-state index in [0.717, 1.165) is 0 Å². The maximum atomic E-state index is 2.49. The van der Waals surface area contributed by atoms with E-state index in [9.17, 15) is 0 Å². The Morgan fingerprint density at radius 1 is 0.880 bits per heavy atom. The topological polar surface area (TPSA) is 7.12 Å². The molecule has 2 nitrogen and oxygen atoms in total. The lowest BCUT2D eigenvalue weighted by atomic mass is 10.0. The van der Waals surface area contributed by atoms with Gasteiger partial charge >= 0.3 is 0 Å². The van der Waals surface area contributed by atoms with Gasteiger partial charge in [0.2, 0.25) is 5.69 Å². The highest BCUT2D eigenvalue weighted by atomic mass is 28.3. The predicted molar refractivity (Wildman–Crippen MR) is 109 cm³/mol. The number of aryl methyl sites for hydroxylation is 2. The van der Waals surface area contributed by atoms with Gasteiger partial charge in [-0.05, 0) is 41.1 Å². The molecule has 0 saturated carbocycles. The molecule has 3 aromatic rings. The van der Waals surface area contributed by atoms with Crippen LogP contribution in [0, 0.1) is 6.92 Å². The van der Waals surface area contributed by atoms with E-state index in [1.165, 1.54) is 33.4 Å². The number of para-hydroxylation sites is 1. The minimum Gasteiger partial charge on any atom is -0.345 e. The molecule has 0 aliphatic carbocycles. The largest absolute Gasteiger partial charge is 0.345 e. The van der Waals surface area contributed by atoms with E-state index in [-0.39, 0.29) is 0 Å². The maximum absolute atomic E-state index is 2.49. The van der Waals surface area contributed by atoms with Crippen LogP contribution in [0.5, 0.6) is 0 Å². The monoisotopic (exact) mass is 345 g/mol. The summed E-state index contributed by atoms with van der Waals surface area (Å²) in [5.74, 6) is 0. The standard InChI is InChI=1S/C22H25N2Si/c1-16-13-14-19-22(21(16)18-11-8-9-15-23(18)2)25(4,5)20-12-7-6-10-17(20)24(19)3/h6-15H,1-5H3/q+1. The van der Waals surface area contributed by atoms with Gasteiger partial charge in [0.15, 0.2) is 6.20 Å². The summed E-state index contributed by atoms with van der Waals surface area (Å²) in [7, 11) is 2.53. The minimum atomic E-state index is -1.81. The van der Waals surface area contributed by atoms with Gasteiger partial charge in [-0.1, -0.05) is 37.4 Å². The van der Waals surface area contributed by atoms with E-state index < -0.39 is 8.07 Å². The Bertz CT molecular complexity index is 976. The van der Waals surface area contributed by atoms with E-state index in [1.807, 2.05) is 0 Å². The van der Waals surface area contributed by atoms with Crippen molar-refractivity contribution in [3.63, 3.8) is 0 Å². The van der Waals surface area contributed by atoms with E-state index in [0.29, 0.717) is 0 Å². The average molecular weight is 346 g/mol. The summed E-state index contributed by atoms with van der Waals surface area (Å²) >= 11 is 0. The van der Waals surface area contributed by atoms with Crippen molar-refractivity contribution < 1.29 is 4.57 Å². The number of pyridine rings is 1. The summed E-state index contributed by atoms with van der Waals surface area (Å²) in [5, 5.41) is 3.07. The molecular formula is C22H25N2Si+. The molecule has 25 heavy (non-hydrogen) atoms. The predicted octanol–water partition coefficient (Wildman–Crippen LogP) is 3.39. The smallest absolute Gasteiger partial charge is 0.212 e. The summed E-state index contributed by atoms with van der Waals surface area (Å²) < 4.78 is 2.24. The van der Waals surface area contributed by atoms with Crippen molar-refractivity contribution in [1.29, 1.82) is 0 Å². The van der Waals surface area contributed by atoms with Crippen molar-refractivity contribution in [2.45, 2.75) is 20.0 Å². The quantitative estimate of drug-likeness (QED) is 0.484. The van der Waals surface area contributed by atoms with Gasteiger partial charge in [0.1, 0.15) is 15.1 Å². The van der Waals surface area contributed by atoms with E-state index in [2.05, 4.69) is 104 Å². The fourth-order valence-electron chi connectivity index (χ4n) is 4.28. The number of rotatable bonds is 1. The van der Waals surface area contributed by atoms with Crippen molar-refractivity contribution in [1.82, 2.24) is 0 Å². The van der Waals surface area contributed by atoms with Crippen LogP contribution in [0.1, 0.15) is 5.56 Å². The maximum Gasteiger partial charge on any atom is 0.212 e. The van der Waals surface area contributed by atoms with Gasteiger partial charge in [-0.2, -0.15) is 0 Å². The SMILES string of the molecule is Cc1ccc2c(c1-c1cccc[n+]1C)[Si](C)(C)c1ccccc1N2C. The Kier molecular flexibility index (Phi) is 3.58. The van der Waals surface area contributed by atoms with Gasteiger partial charge in [-0.15, -0.1) is 0 Å². The third kappa shape index (κ3) is 2.26. The highest BCUT2D eigenvalue weighted by Gasteiger charge is 2.40. The van der Waals surface area contributed by atoms with Crippen molar-refractivity contribution in [2.24, 2.45) is 7.05 Å². The highest BCUT2D eigenvalue weighted by Crippen LogP contribution is 2.35. The van der Waals surface area contributed by atoms with E-state index >= 15 is 0 Å². The van der Waals surface area contributed by atoms with Crippen molar-refractivity contribution in [3.8, 4) is 11.3 Å². The molecule has 0 N–H and O–H groups in total. The van der Waals surface area contributed by atoms with E-state index in [4.69, 9.17) is 0 Å². The first-order valence-corrected chi connectivity index (χ1v) is 11.9. The first-order chi connectivity index (χ1) is 11.9. The van der Waals surface area contributed by atoms with Crippen LogP contribution in [0.25, 0.3) is 11.3 Å². The van der Waals surface area contributed by atoms with E-state index in [1.54, 1.807) is 5.19 Å². The van der Waals surface area contributed by atoms with Crippen LogP contribution in [-0.2, 0) is 7.05 Å². The second kappa shape index (κ2) is 5.56. The normalized spacial score (nSPS) is 14.8.